The summed E-state index contributed by atoms with van der Waals surface area (Å²) in [6.07, 6.45) is 6.80. The second-order valence-corrected chi connectivity index (χ2v) is 5.57. The van der Waals surface area contributed by atoms with Crippen molar-refractivity contribution in [1.82, 2.24) is 4.98 Å². The molecule has 0 saturated heterocycles. The van der Waals surface area contributed by atoms with Gasteiger partial charge in [-0.3, -0.25) is 0 Å². The molecule has 1 aliphatic carbocycles. The van der Waals surface area contributed by atoms with Gasteiger partial charge in [0.15, 0.2) is 0 Å². The standard InChI is InChI=1S/C11H16ClNS/c1-8-11(13-10(7-12)14-8)9-5-3-2-4-6-9/h9H,2-7H2,1H3. The van der Waals surface area contributed by atoms with E-state index in [9.17, 15) is 0 Å². The molecule has 0 aliphatic heterocycles. The van der Waals surface area contributed by atoms with E-state index in [1.807, 2.05) is 0 Å². The Morgan fingerprint density at radius 1 is 1.36 bits per heavy atom. The van der Waals surface area contributed by atoms with E-state index in [0.717, 1.165) is 10.9 Å². The maximum atomic E-state index is 5.80. The molecule has 1 saturated carbocycles. The number of hydrogen-bond donors (Lipinski definition) is 0. The first-order valence-electron chi connectivity index (χ1n) is 5.33. The van der Waals surface area contributed by atoms with Gasteiger partial charge >= 0.3 is 0 Å². The summed E-state index contributed by atoms with van der Waals surface area (Å²) in [6, 6.07) is 0. The molecule has 0 amide bonds. The molecule has 0 radical (unpaired) electrons. The van der Waals surface area contributed by atoms with Crippen molar-refractivity contribution in [2.75, 3.05) is 0 Å². The molecule has 0 atom stereocenters. The van der Waals surface area contributed by atoms with Gasteiger partial charge in [-0.05, 0) is 19.8 Å². The number of halogens is 1. The van der Waals surface area contributed by atoms with Crippen LogP contribution in [0.4, 0.5) is 0 Å². The number of nitrogens with zero attached hydrogens (tertiary/aromatic N) is 1. The lowest BCUT2D eigenvalue weighted by molar-refractivity contribution is 0.436. The van der Waals surface area contributed by atoms with E-state index in [4.69, 9.17) is 11.6 Å². The van der Waals surface area contributed by atoms with Crippen LogP contribution >= 0.6 is 22.9 Å². The molecule has 0 spiro atoms. The molecule has 1 heterocycles. The summed E-state index contributed by atoms with van der Waals surface area (Å²) in [5, 5.41) is 1.09. The lowest BCUT2D eigenvalue weighted by atomic mass is 9.86. The minimum atomic E-state index is 0.568. The number of hydrogen-bond acceptors (Lipinski definition) is 2. The van der Waals surface area contributed by atoms with Crippen molar-refractivity contribution < 1.29 is 0 Å². The summed E-state index contributed by atoms with van der Waals surface area (Å²) in [6.45, 7) is 2.18. The summed E-state index contributed by atoms with van der Waals surface area (Å²) in [7, 11) is 0. The van der Waals surface area contributed by atoms with Crippen LogP contribution in [0.25, 0.3) is 0 Å². The molecule has 0 aromatic carbocycles. The molecule has 2 rings (SSSR count). The topological polar surface area (TPSA) is 12.9 Å². The zero-order chi connectivity index (χ0) is 9.97. The lowest BCUT2D eigenvalue weighted by Gasteiger charge is -2.20. The predicted molar refractivity (Wildman–Crippen MR) is 62.2 cm³/mol. The summed E-state index contributed by atoms with van der Waals surface area (Å²) in [5.74, 6) is 1.29. The van der Waals surface area contributed by atoms with Crippen LogP contribution in [0.5, 0.6) is 0 Å². The Morgan fingerprint density at radius 2 is 2.07 bits per heavy atom. The fourth-order valence-electron chi connectivity index (χ4n) is 2.28. The number of alkyl halides is 1. The first-order chi connectivity index (χ1) is 6.81. The summed E-state index contributed by atoms with van der Waals surface area (Å²) < 4.78 is 0. The van der Waals surface area contributed by atoms with Gasteiger partial charge in [-0.2, -0.15) is 0 Å². The van der Waals surface area contributed by atoms with Crippen molar-refractivity contribution in [3.05, 3.63) is 15.6 Å². The van der Waals surface area contributed by atoms with Crippen LogP contribution in [-0.2, 0) is 5.88 Å². The van der Waals surface area contributed by atoms with Gasteiger partial charge in [0.05, 0.1) is 11.6 Å². The van der Waals surface area contributed by atoms with E-state index in [1.54, 1.807) is 11.3 Å². The average molecular weight is 230 g/mol. The SMILES string of the molecule is Cc1sc(CCl)nc1C1CCCCC1. The first-order valence-corrected chi connectivity index (χ1v) is 6.68. The molecule has 3 heteroatoms. The Morgan fingerprint density at radius 3 is 2.64 bits per heavy atom. The molecule has 0 N–H and O–H groups in total. The molecule has 1 aromatic heterocycles. The van der Waals surface area contributed by atoms with Crippen LogP contribution < -0.4 is 0 Å². The quantitative estimate of drug-likeness (QED) is 0.692. The number of aryl methyl sites for hydroxylation is 1. The zero-order valence-corrected chi connectivity index (χ0v) is 10.1. The Balaban J connectivity index is 2.17. The second-order valence-electron chi connectivity index (χ2n) is 4.02. The average Bonchev–Trinajstić information content (AvgIpc) is 2.61. The fraction of sp³-hybridized carbons (Fsp3) is 0.727. The lowest BCUT2D eigenvalue weighted by Crippen LogP contribution is -2.06. The largest absolute Gasteiger partial charge is 0.244 e. The van der Waals surface area contributed by atoms with Crippen molar-refractivity contribution in [1.29, 1.82) is 0 Å². The van der Waals surface area contributed by atoms with Gasteiger partial charge in [0.1, 0.15) is 5.01 Å². The second kappa shape index (κ2) is 4.63. The van der Waals surface area contributed by atoms with Crippen LogP contribution in [0.15, 0.2) is 0 Å². The molecule has 1 fully saturated rings. The minimum Gasteiger partial charge on any atom is -0.244 e. The molecule has 1 nitrogen and oxygen atoms in total. The molecule has 0 bridgehead atoms. The fourth-order valence-corrected chi connectivity index (χ4v) is 3.37. The highest BCUT2D eigenvalue weighted by atomic mass is 35.5. The van der Waals surface area contributed by atoms with Gasteiger partial charge in [-0.25, -0.2) is 4.98 Å². The Labute approximate surface area is 94.5 Å². The summed E-state index contributed by atoms with van der Waals surface area (Å²) in [5.41, 5.74) is 1.34. The summed E-state index contributed by atoms with van der Waals surface area (Å²) >= 11 is 7.56. The molecule has 0 unspecified atom stereocenters. The van der Waals surface area contributed by atoms with Crippen LogP contribution in [-0.4, -0.2) is 4.98 Å². The highest BCUT2D eigenvalue weighted by Crippen LogP contribution is 2.35. The van der Waals surface area contributed by atoms with Gasteiger partial charge < -0.3 is 0 Å². The highest BCUT2D eigenvalue weighted by molar-refractivity contribution is 7.11. The third kappa shape index (κ3) is 2.12. The number of thiazole rings is 1. The van der Waals surface area contributed by atoms with Crippen LogP contribution in [0.2, 0.25) is 0 Å². The third-order valence-electron chi connectivity index (χ3n) is 2.98. The van der Waals surface area contributed by atoms with Gasteiger partial charge in [0.25, 0.3) is 0 Å². The predicted octanol–water partition coefficient (Wildman–Crippen LogP) is 4.24. The van der Waals surface area contributed by atoms with Crippen molar-refractivity contribution in [2.45, 2.75) is 50.8 Å². The van der Waals surface area contributed by atoms with Gasteiger partial charge in [-0.1, -0.05) is 19.3 Å². The first kappa shape index (κ1) is 10.4. The third-order valence-corrected chi connectivity index (χ3v) is 4.38. The maximum absolute atomic E-state index is 5.80. The monoisotopic (exact) mass is 229 g/mol. The number of aromatic nitrogens is 1. The van der Waals surface area contributed by atoms with E-state index >= 15 is 0 Å². The Bertz CT molecular complexity index is 302. The van der Waals surface area contributed by atoms with Gasteiger partial charge in [0, 0.05) is 10.8 Å². The van der Waals surface area contributed by atoms with Crippen molar-refractivity contribution >= 4 is 22.9 Å². The summed E-state index contributed by atoms with van der Waals surface area (Å²) in [4.78, 5) is 6.02. The van der Waals surface area contributed by atoms with E-state index in [0.29, 0.717) is 5.88 Å². The van der Waals surface area contributed by atoms with E-state index in [2.05, 4.69) is 11.9 Å². The minimum absolute atomic E-state index is 0.568. The molecular weight excluding hydrogens is 214 g/mol. The highest BCUT2D eigenvalue weighted by Gasteiger charge is 2.20. The van der Waals surface area contributed by atoms with Gasteiger partial charge in [0.2, 0.25) is 0 Å². The van der Waals surface area contributed by atoms with Crippen LogP contribution in [0, 0.1) is 6.92 Å². The van der Waals surface area contributed by atoms with Crippen molar-refractivity contribution in [2.24, 2.45) is 0 Å². The van der Waals surface area contributed by atoms with Crippen LogP contribution in [0.3, 0.4) is 0 Å². The number of rotatable bonds is 2. The van der Waals surface area contributed by atoms with Crippen molar-refractivity contribution in [3.8, 4) is 0 Å². The molecular formula is C11H16ClNS. The van der Waals surface area contributed by atoms with Crippen LogP contribution in [0.1, 0.15) is 53.6 Å². The molecule has 1 aliphatic rings. The van der Waals surface area contributed by atoms with Gasteiger partial charge in [-0.15, -0.1) is 22.9 Å². The maximum Gasteiger partial charge on any atom is 0.108 e. The van der Waals surface area contributed by atoms with Crippen molar-refractivity contribution in [3.63, 3.8) is 0 Å². The van der Waals surface area contributed by atoms with E-state index in [-0.39, 0.29) is 0 Å². The van der Waals surface area contributed by atoms with E-state index < -0.39 is 0 Å². The Hall–Kier alpha value is -0.0800. The van der Waals surface area contributed by atoms with E-state index in [1.165, 1.54) is 42.7 Å². The molecule has 78 valence electrons. The Kier molecular flexibility index (Phi) is 3.45. The molecule has 1 aromatic rings. The zero-order valence-electron chi connectivity index (χ0n) is 8.55. The smallest absolute Gasteiger partial charge is 0.108 e. The molecule has 14 heavy (non-hydrogen) atoms. The normalized spacial score (nSPS) is 18.7.